The highest BCUT2D eigenvalue weighted by Crippen LogP contribution is 2.42. The van der Waals surface area contributed by atoms with E-state index in [4.69, 9.17) is 0 Å². The first-order valence-electron chi connectivity index (χ1n) is 6.05. The Morgan fingerprint density at radius 2 is 2.00 bits per heavy atom. The molecule has 2 unspecified atom stereocenters. The van der Waals surface area contributed by atoms with Crippen LogP contribution in [0, 0.1) is 5.92 Å². The molecule has 1 saturated carbocycles. The summed E-state index contributed by atoms with van der Waals surface area (Å²) in [5.41, 5.74) is 0.547. The lowest BCUT2D eigenvalue weighted by Gasteiger charge is -2.40. The van der Waals surface area contributed by atoms with Gasteiger partial charge in [0.25, 0.3) is 0 Å². The van der Waals surface area contributed by atoms with E-state index in [0.717, 1.165) is 24.8 Å². The molecule has 15 heavy (non-hydrogen) atoms. The van der Waals surface area contributed by atoms with Crippen LogP contribution in [0.1, 0.15) is 44.6 Å². The maximum Gasteiger partial charge on any atom is 0.0924 e. The zero-order valence-electron chi connectivity index (χ0n) is 9.45. The predicted octanol–water partition coefficient (Wildman–Crippen LogP) is 3.47. The van der Waals surface area contributed by atoms with Crippen molar-refractivity contribution in [2.45, 2.75) is 44.6 Å². The highest BCUT2D eigenvalue weighted by molar-refractivity contribution is 5.23. The van der Waals surface area contributed by atoms with Crippen LogP contribution in [0.3, 0.4) is 0 Å². The van der Waals surface area contributed by atoms with Gasteiger partial charge in [-0.25, -0.2) is 0 Å². The average molecular weight is 204 g/mol. The lowest BCUT2D eigenvalue weighted by molar-refractivity contribution is -0.0557. The molecule has 2 atom stereocenters. The highest BCUT2D eigenvalue weighted by atomic mass is 16.3. The second-order valence-electron chi connectivity index (χ2n) is 4.64. The monoisotopic (exact) mass is 204 g/mol. The van der Waals surface area contributed by atoms with Gasteiger partial charge in [0.05, 0.1) is 5.60 Å². The Balaban J connectivity index is 2.30. The summed E-state index contributed by atoms with van der Waals surface area (Å²) in [6.07, 6.45) is 5.60. The van der Waals surface area contributed by atoms with E-state index in [1.54, 1.807) is 0 Å². The smallest absolute Gasteiger partial charge is 0.0924 e. The lowest BCUT2D eigenvalue weighted by Crippen LogP contribution is -2.37. The van der Waals surface area contributed by atoms with Gasteiger partial charge in [-0.05, 0) is 24.3 Å². The summed E-state index contributed by atoms with van der Waals surface area (Å²) in [5, 5.41) is 10.8. The third-order valence-electron chi connectivity index (χ3n) is 3.80. The largest absolute Gasteiger partial charge is 0.385 e. The molecular formula is C14H20O. The fraction of sp³-hybridized carbons (Fsp3) is 0.571. The van der Waals surface area contributed by atoms with E-state index >= 15 is 0 Å². The van der Waals surface area contributed by atoms with Gasteiger partial charge in [-0.1, -0.05) is 56.5 Å². The second kappa shape index (κ2) is 4.36. The molecule has 0 amide bonds. The first-order valence-corrected chi connectivity index (χ1v) is 6.05. The SMILES string of the molecule is CCC1CCCCC1(O)c1ccccc1. The lowest BCUT2D eigenvalue weighted by atomic mass is 9.70. The fourth-order valence-electron chi connectivity index (χ4n) is 2.88. The highest BCUT2D eigenvalue weighted by Gasteiger charge is 2.38. The first-order chi connectivity index (χ1) is 7.27. The zero-order chi connectivity index (χ0) is 10.7. The molecule has 1 aliphatic carbocycles. The van der Waals surface area contributed by atoms with Gasteiger partial charge in [-0.2, -0.15) is 0 Å². The minimum atomic E-state index is -0.561. The molecule has 0 spiro atoms. The van der Waals surface area contributed by atoms with Crippen LogP contribution in [0.2, 0.25) is 0 Å². The van der Waals surface area contributed by atoms with Crippen LogP contribution in [0.5, 0.6) is 0 Å². The molecule has 82 valence electrons. The molecule has 1 aromatic rings. The van der Waals surface area contributed by atoms with Crippen molar-refractivity contribution in [3.8, 4) is 0 Å². The van der Waals surface area contributed by atoms with Crippen LogP contribution in [-0.4, -0.2) is 5.11 Å². The number of rotatable bonds is 2. The molecule has 1 aromatic carbocycles. The van der Waals surface area contributed by atoms with Gasteiger partial charge >= 0.3 is 0 Å². The van der Waals surface area contributed by atoms with Gasteiger partial charge < -0.3 is 5.11 Å². The minimum Gasteiger partial charge on any atom is -0.385 e. The summed E-state index contributed by atoms with van der Waals surface area (Å²) in [7, 11) is 0. The minimum absolute atomic E-state index is 0.439. The topological polar surface area (TPSA) is 20.2 Å². The molecule has 0 saturated heterocycles. The average Bonchev–Trinajstić information content (AvgIpc) is 2.31. The van der Waals surface area contributed by atoms with Crippen LogP contribution in [-0.2, 0) is 5.60 Å². The Kier molecular flexibility index (Phi) is 3.11. The van der Waals surface area contributed by atoms with Crippen LogP contribution in [0.4, 0.5) is 0 Å². The summed E-state index contributed by atoms with van der Waals surface area (Å²) in [6.45, 7) is 2.18. The van der Waals surface area contributed by atoms with E-state index in [2.05, 4.69) is 19.1 Å². The van der Waals surface area contributed by atoms with Gasteiger partial charge in [0, 0.05) is 0 Å². The molecular weight excluding hydrogens is 184 g/mol. The number of hydrogen-bond acceptors (Lipinski definition) is 1. The standard InChI is InChI=1S/C14H20O/c1-2-12-8-6-7-11-14(12,15)13-9-4-3-5-10-13/h3-5,9-10,12,15H,2,6-8,11H2,1H3. The maximum absolute atomic E-state index is 10.8. The number of aliphatic hydroxyl groups is 1. The molecule has 0 bridgehead atoms. The fourth-order valence-corrected chi connectivity index (χ4v) is 2.88. The van der Waals surface area contributed by atoms with Gasteiger partial charge in [0.2, 0.25) is 0 Å². The van der Waals surface area contributed by atoms with Crippen molar-refractivity contribution in [2.24, 2.45) is 5.92 Å². The van der Waals surface area contributed by atoms with Gasteiger partial charge in [0.1, 0.15) is 0 Å². The number of hydrogen-bond donors (Lipinski definition) is 1. The molecule has 2 rings (SSSR count). The third-order valence-corrected chi connectivity index (χ3v) is 3.80. The van der Waals surface area contributed by atoms with Crippen molar-refractivity contribution in [3.05, 3.63) is 35.9 Å². The van der Waals surface area contributed by atoms with Crippen molar-refractivity contribution in [3.63, 3.8) is 0 Å². The van der Waals surface area contributed by atoms with Crippen LogP contribution in [0.15, 0.2) is 30.3 Å². The Morgan fingerprint density at radius 1 is 1.27 bits per heavy atom. The molecule has 1 nitrogen and oxygen atoms in total. The second-order valence-corrected chi connectivity index (χ2v) is 4.64. The van der Waals surface area contributed by atoms with E-state index in [0.29, 0.717) is 5.92 Å². The van der Waals surface area contributed by atoms with E-state index in [9.17, 15) is 5.11 Å². The summed E-state index contributed by atoms with van der Waals surface area (Å²) >= 11 is 0. The summed E-state index contributed by atoms with van der Waals surface area (Å²) in [4.78, 5) is 0. The molecule has 0 aliphatic heterocycles. The van der Waals surface area contributed by atoms with Crippen LogP contribution < -0.4 is 0 Å². The van der Waals surface area contributed by atoms with Crippen LogP contribution >= 0.6 is 0 Å². The quantitative estimate of drug-likeness (QED) is 0.782. The molecule has 1 heteroatoms. The summed E-state index contributed by atoms with van der Waals surface area (Å²) in [6, 6.07) is 10.2. The van der Waals surface area contributed by atoms with Gasteiger partial charge in [0.15, 0.2) is 0 Å². The van der Waals surface area contributed by atoms with Crippen molar-refractivity contribution < 1.29 is 5.11 Å². The van der Waals surface area contributed by atoms with Gasteiger partial charge in [-0.15, -0.1) is 0 Å². The zero-order valence-corrected chi connectivity index (χ0v) is 9.45. The summed E-state index contributed by atoms with van der Waals surface area (Å²) < 4.78 is 0. The molecule has 0 aromatic heterocycles. The first kappa shape index (κ1) is 10.7. The Labute approximate surface area is 92.1 Å². The van der Waals surface area contributed by atoms with E-state index in [1.807, 2.05) is 18.2 Å². The van der Waals surface area contributed by atoms with Crippen molar-refractivity contribution in [1.29, 1.82) is 0 Å². The van der Waals surface area contributed by atoms with E-state index in [1.165, 1.54) is 12.8 Å². The van der Waals surface area contributed by atoms with Crippen LogP contribution in [0.25, 0.3) is 0 Å². The molecule has 0 heterocycles. The molecule has 1 N–H and O–H groups in total. The normalized spacial score (nSPS) is 31.5. The number of benzene rings is 1. The van der Waals surface area contributed by atoms with Crippen molar-refractivity contribution in [1.82, 2.24) is 0 Å². The third kappa shape index (κ3) is 1.93. The van der Waals surface area contributed by atoms with Crippen molar-refractivity contribution in [2.75, 3.05) is 0 Å². The van der Waals surface area contributed by atoms with E-state index < -0.39 is 5.60 Å². The van der Waals surface area contributed by atoms with E-state index in [-0.39, 0.29) is 0 Å². The van der Waals surface area contributed by atoms with Gasteiger partial charge in [-0.3, -0.25) is 0 Å². The summed E-state index contributed by atoms with van der Waals surface area (Å²) in [5.74, 6) is 0.439. The Hall–Kier alpha value is -0.820. The van der Waals surface area contributed by atoms with Crippen molar-refractivity contribution >= 4 is 0 Å². The molecule has 1 aliphatic rings. The Bertz CT molecular complexity index is 306. The maximum atomic E-state index is 10.8. The molecule has 0 radical (unpaired) electrons. The predicted molar refractivity (Wildman–Crippen MR) is 62.6 cm³/mol. The molecule has 1 fully saturated rings. The Morgan fingerprint density at radius 3 is 2.67 bits per heavy atom.